The summed E-state index contributed by atoms with van der Waals surface area (Å²) < 4.78 is 3.36. The minimum atomic E-state index is -0.293. The number of aromatic nitrogens is 4. The van der Waals surface area contributed by atoms with Crippen molar-refractivity contribution >= 4 is 28.6 Å². The van der Waals surface area contributed by atoms with E-state index in [1.165, 1.54) is 0 Å². The number of benzene rings is 1. The molecular formula is C26H22ClN4O2S+. The van der Waals surface area contributed by atoms with Crippen molar-refractivity contribution in [3.63, 3.8) is 0 Å². The number of hydrogen-bond acceptors (Lipinski definition) is 5. The van der Waals surface area contributed by atoms with Crippen LogP contribution < -0.4 is 10.1 Å². The third kappa shape index (κ3) is 3.87. The van der Waals surface area contributed by atoms with E-state index in [1.54, 1.807) is 32.7 Å². The fraction of sp³-hybridized carbons (Fsp3) is 0.154. The molecule has 0 saturated heterocycles. The van der Waals surface area contributed by atoms with Crippen LogP contribution in [0.15, 0.2) is 65.7 Å². The van der Waals surface area contributed by atoms with Gasteiger partial charge < -0.3 is 5.11 Å². The summed E-state index contributed by atoms with van der Waals surface area (Å²) in [5, 5.41) is 12.8. The molecule has 5 rings (SSSR count). The molecule has 0 saturated carbocycles. The second-order valence-electron chi connectivity index (χ2n) is 8.19. The third-order valence-electron chi connectivity index (χ3n) is 5.76. The molecule has 4 aromatic heterocycles. The van der Waals surface area contributed by atoms with Crippen LogP contribution in [-0.2, 0) is 6.54 Å². The van der Waals surface area contributed by atoms with Gasteiger partial charge in [0.2, 0.25) is 0 Å². The fourth-order valence-corrected chi connectivity index (χ4v) is 5.28. The maximum Gasteiger partial charge on any atom is 0.354 e. The second kappa shape index (κ2) is 8.66. The average Bonchev–Trinajstić information content (AvgIpc) is 3.22. The van der Waals surface area contributed by atoms with E-state index >= 15 is 0 Å². The standard InChI is InChI=1S/C26H21ClN4O2S/c1-15-6-5-11-30-24(15)31(14-20-13-28-17(3)34-20)26(33)22(25(30)32)19-8-4-7-18(12-19)21-10-9-16(2)29-23(21)27/h4-13H,14H2,1-3H3/p+1. The van der Waals surface area contributed by atoms with Gasteiger partial charge in [0.25, 0.3) is 11.5 Å². The first-order valence-electron chi connectivity index (χ1n) is 10.8. The summed E-state index contributed by atoms with van der Waals surface area (Å²) in [5.41, 5.74) is 4.45. The van der Waals surface area contributed by atoms with Gasteiger partial charge in [-0.1, -0.05) is 29.8 Å². The lowest BCUT2D eigenvalue weighted by atomic mass is 10.0. The van der Waals surface area contributed by atoms with Gasteiger partial charge in [-0.05, 0) is 62.2 Å². The van der Waals surface area contributed by atoms with Crippen molar-refractivity contribution in [3.8, 4) is 28.1 Å². The van der Waals surface area contributed by atoms with Gasteiger partial charge in [0, 0.05) is 23.0 Å². The van der Waals surface area contributed by atoms with E-state index in [4.69, 9.17) is 11.6 Å². The van der Waals surface area contributed by atoms with E-state index in [0.29, 0.717) is 22.9 Å². The molecule has 1 N–H and O–H groups in total. The Kier molecular flexibility index (Phi) is 5.67. The summed E-state index contributed by atoms with van der Waals surface area (Å²) in [6.07, 6.45) is 3.53. The lowest BCUT2D eigenvalue weighted by Crippen LogP contribution is -2.41. The van der Waals surface area contributed by atoms with Crippen LogP contribution >= 0.6 is 22.9 Å². The van der Waals surface area contributed by atoms with Crippen LogP contribution in [0.1, 0.15) is 21.1 Å². The van der Waals surface area contributed by atoms with Crippen LogP contribution in [-0.4, -0.2) is 19.5 Å². The molecule has 0 atom stereocenters. The molecule has 0 unspecified atom stereocenters. The molecule has 170 valence electrons. The predicted molar refractivity (Wildman–Crippen MR) is 135 cm³/mol. The number of aryl methyl sites for hydroxylation is 3. The number of halogens is 1. The molecule has 8 heteroatoms. The monoisotopic (exact) mass is 489 g/mol. The van der Waals surface area contributed by atoms with E-state index in [9.17, 15) is 9.90 Å². The topological polar surface area (TPSA) is 71.4 Å². The molecular weight excluding hydrogens is 468 g/mol. The molecule has 0 aliphatic rings. The number of thiazole rings is 1. The second-order valence-corrected chi connectivity index (χ2v) is 9.87. The van der Waals surface area contributed by atoms with E-state index in [1.807, 2.05) is 69.3 Å². The van der Waals surface area contributed by atoms with Gasteiger partial charge in [0.1, 0.15) is 11.7 Å². The Labute approximate surface area is 205 Å². The van der Waals surface area contributed by atoms with Crippen molar-refractivity contribution in [2.24, 2.45) is 0 Å². The Morgan fingerprint density at radius 3 is 2.62 bits per heavy atom. The van der Waals surface area contributed by atoms with E-state index in [-0.39, 0.29) is 17.0 Å². The third-order valence-corrected chi connectivity index (χ3v) is 6.95. The molecule has 1 aromatic carbocycles. The summed E-state index contributed by atoms with van der Waals surface area (Å²) in [5.74, 6) is -0.0874. The molecule has 0 fully saturated rings. The normalized spacial score (nSPS) is 11.3. The zero-order valence-electron chi connectivity index (χ0n) is 18.9. The maximum absolute atomic E-state index is 13.6. The molecule has 5 aromatic rings. The van der Waals surface area contributed by atoms with Crippen molar-refractivity contribution in [1.82, 2.24) is 14.4 Å². The highest BCUT2D eigenvalue weighted by molar-refractivity contribution is 7.11. The quantitative estimate of drug-likeness (QED) is 0.281. The van der Waals surface area contributed by atoms with Crippen LogP contribution in [0.4, 0.5) is 0 Å². The van der Waals surface area contributed by atoms with E-state index in [0.717, 1.165) is 32.3 Å². The van der Waals surface area contributed by atoms with Crippen molar-refractivity contribution in [1.29, 1.82) is 0 Å². The molecule has 0 aliphatic carbocycles. The summed E-state index contributed by atoms with van der Waals surface area (Å²) in [7, 11) is 0. The number of aromatic hydroxyl groups is 1. The fourth-order valence-electron chi connectivity index (χ4n) is 4.19. The summed E-state index contributed by atoms with van der Waals surface area (Å²) in [4.78, 5) is 23.3. The van der Waals surface area contributed by atoms with Crippen LogP contribution in [0, 0.1) is 20.8 Å². The molecule has 0 aliphatic heterocycles. The molecule has 34 heavy (non-hydrogen) atoms. The smallest absolute Gasteiger partial charge is 0.354 e. The molecule has 4 heterocycles. The average molecular weight is 490 g/mol. The number of hydrogen-bond donors (Lipinski definition) is 1. The highest BCUT2D eigenvalue weighted by atomic mass is 35.5. The van der Waals surface area contributed by atoms with Crippen LogP contribution in [0.5, 0.6) is 5.88 Å². The zero-order valence-corrected chi connectivity index (χ0v) is 20.5. The largest absolute Gasteiger partial charge is 0.477 e. The minimum absolute atomic E-state index is 0.0874. The highest BCUT2D eigenvalue weighted by Crippen LogP contribution is 2.32. The van der Waals surface area contributed by atoms with Gasteiger partial charge in [-0.2, -0.15) is 8.97 Å². The molecule has 0 bridgehead atoms. The SMILES string of the molecule is Cc1ccc(-c2cccc(-c3c(O)[n+](Cc4cnc(C)s4)c4c(C)cccn4c3=O)c2)c(Cl)n1. The van der Waals surface area contributed by atoms with Crippen LogP contribution in [0.25, 0.3) is 27.9 Å². The number of nitrogens with zero attached hydrogens (tertiary/aromatic N) is 4. The number of rotatable bonds is 4. The molecule has 0 spiro atoms. The molecule has 0 amide bonds. The first-order valence-corrected chi connectivity index (χ1v) is 11.9. The van der Waals surface area contributed by atoms with Gasteiger partial charge in [-0.15, -0.1) is 11.3 Å². The Hall–Kier alpha value is -3.55. The van der Waals surface area contributed by atoms with Crippen LogP contribution in [0.3, 0.4) is 0 Å². The first kappa shape index (κ1) is 22.3. The Morgan fingerprint density at radius 2 is 1.88 bits per heavy atom. The van der Waals surface area contributed by atoms with Gasteiger partial charge in [0.05, 0.1) is 16.1 Å². The zero-order chi connectivity index (χ0) is 24.0. The van der Waals surface area contributed by atoms with Gasteiger partial charge in [0.15, 0.2) is 5.56 Å². The Morgan fingerprint density at radius 1 is 1.09 bits per heavy atom. The van der Waals surface area contributed by atoms with Gasteiger partial charge >= 0.3 is 5.56 Å². The van der Waals surface area contributed by atoms with Crippen molar-refractivity contribution < 1.29 is 9.67 Å². The van der Waals surface area contributed by atoms with Crippen molar-refractivity contribution in [3.05, 3.63) is 97.6 Å². The molecule has 6 nitrogen and oxygen atoms in total. The van der Waals surface area contributed by atoms with Crippen molar-refractivity contribution in [2.45, 2.75) is 27.3 Å². The minimum Gasteiger partial charge on any atom is -0.477 e. The van der Waals surface area contributed by atoms with Gasteiger partial charge in [-0.25, -0.2) is 14.8 Å². The van der Waals surface area contributed by atoms with Crippen LogP contribution in [0.2, 0.25) is 5.15 Å². The molecule has 0 radical (unpaired) electrons. The number of pyridine rings is 2. The summed E-state index contributed by atoms with van der Waals surface area (Å²) in [6, 6.07) is 15.0. The summed E-state index contributed by atoms with van der Waals surface area (Å²) >= 11 is 7.96. The summed E-state index contributed by atoms with van der Waals surface area (Å²) in [6.45, 7) is 6.15. The first-order chi connectivity index (χ1) is 16.3. The Balaban J connectivity index is 1.76. The lowest BCUT2D eigenvalue weighted by molar-refractivity contribution is -0.671. The number of fused-ring (bicyclic) bond motifs is 1. The Bertz CT molecular complexity index is 1620. The predicted octanol–water partition coefficient (Wildman–Crippen LogP) is 5.11. The van der Waals surface area contributed by atoms with Gasteiger partial charge in [-0.3, -0.25) is 0 Å². The maximum atomic E-state index is 13.6. The van der Waals surface area contributed by atoms with Crippen molar-refractivity contribution in [2.75, 3.05) is 0 Å². The highest BCUT2D eigenvalue weighted by Gasteiger charge is 2.27. The lowest BCUT2D eigenvalue weighted by Gasteiger charge is -2.12. The van der Waals surface area contributed by atoms with E-state index in [2.05, 4.69) is 9.97 Å². The van der Waals surface area contributed by atoms with E-state index < -0.39 is 0 Å².